The maximum atomic E-state index is 10.7. The topological polar surface area (TPSA) is 42.1 Å². The van der Waals surface area contributed by atoms with Gasteiger partial charge >= 0.3 is 0 Å². The Balaban J connectivity index is 2.70. The molecule has 3 nitrogen and oxygen atoms in total. The Morgan fingerprint density at radius 3 is 3.00 bits per heavy atom. The third-order valence-electron chi connectivity index (χ3n) is 2.18. The number of aromatic nitrogens is 1. The van der Waals surface area contributed by atoms with E-state index in [0.717, 1.165) is 10.9 Å². The van der Waals surface area contributed by atoms with Gasteiger partial charge in [-0.25, -0.2) is 0 Å². The van der Waals surface area contributed by atoms with Gasteiger partial charge in [0, 0.05) is 5.39 Å². The molecule has 0 aliphatic carbocycles. The first kappa shape index (κ1) is 10.1. The number of aromatic amines is 1. The van der Waals surface area contributed by atoms with Gasteiger partial charge in [0.05, 0.1) is 22.8 Å². The van der Waals surface area contributed by atoms with Crippen LogP contribution in [0.25, 0.3) is 10.9 Å². The van der Waals surface area contributed by atoms with Crippen molar-refractivity contribution in [2.75, 3.05) is 6.61 Å². The van der Waals surface area contributed by atoms with Crippen molar-refractivity contribution in [2.24, 2.45) is 0 Å². The number of aldehydes is 1. The van der Waals surface area contributed by atoms with Crippen LogP contribution in [0.2, 0.25) is 5.02 Å². The maximum Gasteiger partial charge on any atom is 0.167 e. The average Bonchev–Trinajstić information content (AvgIpc) is 2.58. The van der Waals surface area contributed by atoms with E-state index < -0.39 is 0 Å². The van der Waals surface area contributed by atoms with Crippen LogP contribution < -0.4 is 4.74 Å². The SMILES string of the molecule is CCOc1cccc2c(Cl)c(C=O)[nH]c12. The van der Waals surface area contributed by atoms with Gasteiger partial charge in [0.1, 0.15) is 5.75 Å². The fourth-order valence-electron chi connectivity index (χ4n) is 1.53. The lowest BCUT2D eigenvalue weighted by molar-refractivity contribution is 0.112. The summed E-state index contributed by atoms with van der Waals surface area (Å²) in [6, 6.07) is 5.54. The molecule has 1 aromatic heterocycles. The predicted molar refractivity (Wildman–Crippen MR) is 59.9 cm³/mol. The summed E-state index contributed by atoms with van der Waals surface area (Å²) in [5.74, 6) is 0.713. The standard InChI is InChI=1S/C11H10ClNO2/c1-2-15-9-5-3-4-7-10(12)8(6-14)13-11(7)9/h3-6,13H,2H2,1H3. The fraction of sp³-hybridized carbons (Fsp3) is 0.182. The van der Waals surface area contributed by atoms with Gasteiger partial charge in [-0.05, 0) is 13.0 Å². The molecule has 0 aliphatic rings. The van der Waals surface area contributed by atoms with Crippen LogP contribution in [0.5, 0.6) is 5.75 Å². The smallest absolute Gasteiger partial charge is 0.167 e. The van der Waals surface area contributed by atoms with Gasteiger partial charge < -0.3 is 9.72 Å². The van der Waals surface area contributed by atoms with Crippen molar-refractivity contribution >= 4 is 28.8 Å². The van der Waals surface area contributed by atoms with Gasteiger partial charge in [0.15, 0.2) is 6.29 Å². The summed E-state index contributed by atoms with van der Waals surface area (Å²) in [6.45, 7) is 2.48. The molecule has 4 heteroatoms. The zero-order valence-electron chi connectivity index (χ0n) is 8.21. The Morgan fingerprint density at radius 1 is 1.53 bits per heavy atom. The van der Waals surface area contributed by atoms with Gasteiger partial charge in [-0.2, -0.15) is 0 Å². The zero-order valence-corrected chi connectivity index (χ0v) is 8.97. The first-order chi connectivity index (χ1) is 7.27. The number of ether oxygens (including phenoxy) is 1. The third-order valence-corrected chi connectivity index (χ3v) is 2.58. The van der Waals surface area contributed by atoms with Gasteiger partial charge in [-0.1, -0.05) is 23.7 Å². The number of carbonyl (C=O) groups is 1. The molecule has 0 saturated heterocycles. The minimum absolute atomic E-state index is 0.388. The molecule has 1 heterocycles. The Bertz CT molecular complexity index is 505. The largest absolute Gasteiger partial charge is 0.492 e. The van der Waals surface area contributed by atoms with Crippen LogP contribution in [0.3, 0.4) is 0 Å². The van der Waals surface area contributed by atoms with E-state index in [-0.39, 0.29) is 0 Å². The lowest BCUT2D eigenvalue weighted by atomic mass is 10.2. The maximum absolute atomic E-state index is 10.7. The summed E-state index contributed by atoms with van der Waals surface area (Å²) in [7, 11) is 0. The van der Waals surface area contributed by atoms with Crippen LogP contribution in [0.4, 0.5) is 0 Å². The van der Waals surface area contributed by atoms with E-state index in [0.29, 0.717) is 29.4 Å². The Morgan fingerprint density at radius 2 is 2.33 bits per heavy atom. The van der Waals surface area contributed by atoms with Crippen molar-refractivity contribution in [2.45, 2.75) is 6.92 Å². The molecule has 0 unspecified atom stereocenters. The minimum atomic E-state index is 0.388. The number of nitrogens with one attached hydrogen (secondary N) is 1. The molecule has 0 amide bonds. The van der Waals surface area contributed by atoms with Gasteiger partial charge in [0.25, 0.3) is 0 Å². The second kappa shape index (κ2) is 3.95. The van der Waals surface area contributed by atoms with Gasteiger partial charge in [0.2, 0.25) is 0 Å². The Labute approximate surface area is 92.0 Å². The summed E-state index contributed by atoms with van der Waals surface area (Å²) < 4.78 is 5.43. The lowest BCUT2D eigenvalue weighted by Gasteiger charge is -2.03. The molecule has 0 aliphatic heterocycles. The monoisotopic (exact) mass is 223 g/mol. The number of para-hydroxylation sites is 1. The number of halogens is 1. The highest BCUT2D eigenvalue weighted by atomic mass is 35.5. The van der Waals surface area contributed by atoms with E-state index in [1.54, 1.807) is 0 Å². The number of benzene rings is 1. The summed E-state index contributed by atoms with van der Waals surface area (Å²) in [5.41, 5.74) is 1.16. The number of hydrogen-bond donors (Lipinski definition) is 1. The second-order valence-corrected chi connectivity index (χ2v) is 3.46. The highest BCUT2D eigenvalue weighted by Crippen LogP contribution is 2.32. The highest BCUT2D eigenvalue weighted by Gasteiger charge is 2.11. The van der Waals surface area contributed by atoms with Crippen molar-refractivity contribution in [3.8, 4) is 5.75 Å². The molecule has 1 aromatic carbocycles. The number of rotatable bonds is 3. The molecular formula is C11H10ClNO2. The van der Waals surface area contributed by atoms with Crippen molar-refractivity contribution < 1.29 is 9.53 Å². The molecule has 1 N–H and O–H groups in total. The molecule has 0 spiro atoms. The van der Waals surface area contributed by atoms with Crippen LogP contribution in [-0.2, 0) is 0 Å². The van der Waals surface area contributed by atoms with Gasteiger partial charge in [-0.3, -0.25) is 4.79 Å². The van der Waals surface area contributed by atoms with E-state index in [2.05, 4.69) is 4.98 Å². The normalized spacial score (nSPS) is 10.5. The highest BCUT2D eigenvalue weighted by molar-refractivity contribution is 6.38. The van der Waals surface area contributed by atoms with Crippen molar-refractivity contribution in [3.05, 3.63) is 28.9 Å². The number of hydrogen-bond acceptors (Lipinski definition) is 2. The average molecular weight is 224 g/mol. The quantitative estimate of drug-likeness (QED) is 0.813. The first-order valence-electron chi connectivity index (χ1n) is 4.66. The van der Waals surface area contributed by atoms with Gasteiger partial charge in [-0.15, -0.1) is 0 Å². The fourth-order valence-corrected chi connectivity index (χ4v) is 1.78. The van der Waals surface area contributed by atoms with E-state index >= 15 is 0 Å². The first-order valence-corrected chi connectivity index (χ1v) is 5.04. The minimum Gasteiger partial charge on any atom is -0.492 e. The molecule has 0 atom stereocenters. The predicted octanol–water partition coefficient (Wildman–Crippen LogP) is 3.03. The second-order valence-electron chi connectivity index (χ2n) is 3.08. The Hall–Kier alpha value is -1.48. The van der Waals surface area contributed by atoms with Crippen molar-refractivity contribution in [3.63, 3.8) is 0 Å². The molecule has 2 rings (SSSR count). The number of fused-ring (bicyclic) bond motifs is 1. The molecule has 2 aromatic rings. The van der Waals surface area contributed by atoms with Crippen LogP contribution >= 0.6 is 11.6 Å². The van der Waals surface area contributed by atoms with Crippen LogP contribution in [0.1, 0.15) is 17.4 Å². The number of carbonyl (C=O) groups excluding carboxylic acids is 1. The van der Waals surface area contributed by atoms with E-state index in [4.69, 9.17) is 16.3 Å². The van der Waals surface area contributed by atoms with Crippen LogP contribution in [0, 0.1) is 0 Å². The van der Waals surface area contributed by atoms with Crippen LogP contribution in [0.15, 0.2) is 18.2 Å². The van der Waals surface area contributed by atoms with E-state index in [1.807, 2.05) is 25.1 Å². The van der Waals surface area contributed by atoms with Crippen molar-refractivity contribution in [1.82, 2.24) is 4.98 Å². The van der Waals surface area contributed by atoms with E-state index in [9.17, 15) is 4.79 Å². The number of H-pyrrole nitrogens is 1. The summed E-state index contributed by atoms with van der Waals surface area (Å²) in [6.07, 6.45) is 0.706. The zero-order chi connectivity index (χ0) is 10.8. The molecule has 0 bridgehead atoms. The van der Waals surface area contributed by atoms with Crippen LogP contribution in [-0.4, -0.2) is 17.9 Å². The summed E-state index contributed by atoms with van der Waals surface area (Å²) in [5, 5.41) is 1.26. The summed E-state index contributed by atoms with van der Waals surface area (Å²) in [4.78, 5) is 13.7. The molecule has 0 radical (unpaired) electrons. The molecule has 78 valence electrons. The lowest BCUT2D eigenvalue weighted by Crippen LogP contribution is -1.91. The summed E-state index contributed by atoms with van der Waals surface area (Å²) >= 11 is 6.01. The molecule has 15 heavy (non-hydrogen) atoms. The molecule has 0 saturated carbocycles. The third kappa shape index (κ3) is 1.59. The molecule has 0 fully saturated rings. The molecular weight excluding hydrogens is 214 g/mol. The Kier molecular flexibility index (Phi) is 2.64. The van der Waals surface area contributed by atoms with E-state index in [1.165, 1.54) is 0 Å². The van der Waals surface area contributed by atoms with Crippen molar-refractivity contribution in [1.29, 1.82) is 0 Å².